The summed E-state index contributed by atoms with van der Waals surface area (Å²) >= 11 is 0. The van der Waals surface area contributed by atoms with Crippen LogP contribution in [0.15, 0.2) is 108 Å². The van der Waals surface area contributed by atoms with Crippen LogP contribution in [0.1, 0.15) is 33.6 Å². The zero-order chi connectivity index (χ0) is 37.9. The number of likely N-dealkylation sites (tertiary alicyclic amines) is 1. The summed E-state index contributed by atoms with van der Waals surface area (Å²) in [5, 5.41) is 16.1. The highest BCUT2D eigenvalue weighted by Gasteiger charge is 2.44. The molecule has 0 bridgehead atoms. The lowest BCUT2D eigenvalue weighted by molar-refractivity contribution is -0.384. The lowest BCUT2D eigenvalue weighted by Gasteiger charge is -2.20. The lowest BCUT2D eigenvalue weighted by Crippen LogP contribution is -2.34. The Morgan fingerprint density at radius 2 is 1.61 bits per heavy atom. The Labute approximate surface area is 305 Å². The van der Waals surface area contributed by atoms with Gasteiger partial charge in [-0.1, -0.05) is 0 Å². The van der Waals surface area contributed by atoms with Gasteiger partial charge in [-0.2, -0.15) is 0 Å². The van der Waals surface area contributed by atoms with E-state index in [-0.39, 0.29) is 63.8 Å². The highest BCUT2D eigenvalue weighted by atomic mass is 19.1. The standard InChI is InChI=1S/C38H30F2N6O8/c39-25-5-10-27(11-6-25)45-15-1-2-31(36(45)48)35(47)42-26-7-12-33(32(40)18-26)53-29-13-14-41-34(19-29)43-38(50)44-20-23-16-30(17-24(23)21-44)54-37(49)22-3-8-28(9-4-22)46(51)52/h1-15,18-19,23-24,30H,16-17,20-21H2,(H,42,47)(H,41,43,50). The van der Waals surface area contributed by atoms with Crippen molar-refractivity contribution < 1.29 is 37.6 Å². The molecule has 274 valence electrons. The van der Waals surface area contributed by atoms with Gasteiger partial charge >= 0.3 is 12.0 Å². The van der Waals surface area contributed by atoms with Crippen molar-refractivity contribution in [3.05, 3.63) is 147 Å². The topological polar surface area (TPSA) is 175 Å². The maximum Gasteiger partial charge on any atom is 0.338 e. The molecular formula is C38H30F2N6O8. The van der Waals surface area contributed by atoms with E-state index in [1.54, 1.807) is 4.90 Å². The number of anilines is 2. The Bertz CT molecular complexity index is 2300. The monoisotopic (exact) mass is 736 g/mol. The van der Waals surface area contributed by atoms with Crippen molar-refractivity contribution in [2.24, 2.45) is 11.8 Å². The van der Waals surface area contributed by atoms with E-state index in [0.717, 1.165) is 6.07 Å². The number of fused-ring (bicyclic) bond motifs is 1. The number of carbonyl (C=O) groups excluding carboxylic acids is 3. The maximum absolute atomic E-state index is 15.1. The fraction of sp³-hybridized carbons (Fsp3) is 0.184. The van der Waals surface area contributed by atoms with E-state index in [0.29, 0.717) is 31.6 Å². The first-order chi connectivity index (χ1) is 26.0. The summed E-state index contributed by atoms with van der Waals surface area (Å²) in [6.45, 7) is 0.891. The Kier molecular flexibility index (Phi) is 9.81. The number of nitrogens with zero attached hydrogens (tertiary/aromatic N) is 4. The van der Waals surface area contributed by atoms with Gasteiger partial charge in [-0.05, 0) is 91.4 Å². The van der Waals surface area contributed by atoms with Gasteiger partial charge in [-0.25, -0.2) is 23.4 Å². The molecular weight excluding hydrogens is 706 g/mol. The summed E-state index contributed by atoms with van der Waals surface area (Å²) < 4.78 is 41.0. The molecule has 54 heavy (non-hydrogen) atoms. The number of hydrogen-bond acceptors (Lipinski definition) is 9. The summed E-state index contributed by atoms with van der Waals surface area (Å²) in [4.78, 5) is 67.8. The second-order valence-electron chi connectivity index (χ2n) is 12.8. The summed E-state index contributed by atoms with van der Waals surface area (Å²) in [7, 11) is 0. The van der Waals surface area contributed by atoms with Crippen molar-refractivity contribution in [2.75, 3.05) is 23.7 Å². The van der Waals surface area contributed by atoms with Gasteiger partial charge in [0.25, 0.3) is 17.2 Å². The molecule has 2 aromatic heterocycles. The Balaban J connectivity index is 0.913. The molecule has 2 N–H and O–H groups in total. The average Bonchev–Trinajstić information content (AvgIpc) is 3.73. The number of nitro groups is 1. The minimum Gasteiger partial charge on any atom is -0.459 e. The van der Waals surface area contributed by atoms with Crippen LogP contribution in [0.25, 0.3) is 5.69 Å². The number of benzene rings is 3. The van der Waals surface area contributed by atoms with Crippen LogP contribution in [0.2, 0.25) is 0 Å². The predicted octanol–water partition coefficient (Wildman–Crippen LogP) is 6.56. The van der Waals surface area contributed by atoms with Crippen molar-refractivity contribution >= 4 is 35.1 Å². The van der Waals surface area contributed by atoms with Crippen LogP contribution in [-0.4, -0.2) is 56.5 Å². The molecule has 0 radical (unpaired) electrons. The summed E-state index contributed by atoms with van der Waals surface area (Å²) in [5.41, 5.74) is -0.329. The number of urea groups is 1. The molecule has 2 unspecified atom stereocenters. The molecule has 2 fully saturated rings. The molecule has 16 heteroatoms. The van der Waals surface area contributed by atoms with Gasteiger partial charge in [0.1, 0.15) is 29.1 Å². The quantitative estimate of drug-likeness (QED) is 0.0964. The van der Waals surface area contributed by atoms with Gasteiger partial charge < -0.3 is 19.7 Å². The fourth-order valence-electron chi connectivity index (χ4n) is 6.64. The molecule has 1 saturated carbocycles. The summed E-state index contributed by atoms with van der Waals surface area (Å²) in [6.07, 6.45) is 3.65. The van der Waals surface area contributed by atoms with Crippen molar-refractivity contribution in [3.8, 4) is 17.2 Å². The molecule has 3 heterocycles. The van der Waals surface area contributed by atoms with Gasteiger partial charge in [0.05, 0.1) is 10.5 Å². The molecule has 1 aliphatic carbocycles. The molecule has 14 nitrogen and oxygen atoms in total. The van der Waals surface area contributed by atoms with Gasteiger partial charge in [0.15, 0.2) is 11.6 Å². The van der Waals surface area contributed by atoms with E-state index in [2.05, 4.69) is 15.6 Å². The first-order valence-electron chi connectivity index (χ1n) is 16.7. The number of non-ortho nitro benzene ring substituents is 1. The van der Waals surface area contributed by atoms with Gasteiger partial charge in [0, 0.05) is 61.1 Å². The molecule has 2 atom stereocenters. The number of nitro benzene ring substituents is 1. The lowest BCUT2D eigenvalue weighted by atomic mass is 10.0. The van der Waals surface area contributed by atoms with Crippen molar-refractivity contribution in [2.45, 2.75) is 18.9 Å². The van der Waals surface area contributed by atoms with Crippen molar-refractivity contribution in [3.63, 3.8) is 0 Å². The number of aromatic nitrogens is 2. The van der Waals surface area contributed by atoms with Crippen LogP contribution in [0.5, 0.6) is 11.5 Å². The largest absolute Gasteiger partial charge is 0.459 e. The molecule has 1 aliphatic heterocycles. The smallest absolute Gasteiger partial charge is 0.338 e. The number of amides is 3. The molecule has 3 amide bonds. The van der Waals surface area contributed by atoms with Crippen LogP contribution in [0.3, 0.4) is 0 Å². The number of nitrogens with one attached hydrogen (secondary N) is 2. The second-order valence-corrected chi connectivity index (χ2v) is 12.8. The average molecular weight is 737 g/mol. The van der Waals surface area contributed by atoms with Gasteiger partial charge in [0.2, 0.25) is 0 Å². The first-order valence-corrected chi connectivity index (χ1v) is 16.7. The Morgan fingerprint density at radius 1 is 0.889 bits per heavy atom. The van der Waals surface area contributed by atoms with E-state index in [4.69, 9.17) is 9.47 Å². The van der Waals surface area contributed by atoms with E-state index >= 15 is 4.39 Å². The summed E-state index contributed by atoms with van der Waals surface area (Å²) in [5.74, 6) is -2.20. The van der Waals surface area contributed by atoms with Crippen molar-refractivity contribution in [1.29, 1.82) is 0 Å². The highest BCUT2D eigenvalue weighted by Crippen LogP contribution is 2.40. The first kappa shape index (κ1) is 35.4. The third-order valence-electron chi connectivity index (χ3n) is 9.26. The van der Waals surface area contributed by atoms with Crippen molar-refractivity contribution in [1.82, 2.24) is 14.5 Å². The molecule has 2 aliphatic rings. The fourth-order valence-corrected chi connectivity index (χ4v) is 6.64. The third kappa shape index (κ3) is 7.77. The van der Waals surface area contributed by atoms with Gasteiger partial charge in [-0.3, -0.25) is 29.6 Å². The van der Waals surface area contributed by atoms with Crippen LogP contribution in [0, 0.1) is 33.6 Å². The predicted molar refractivity (Wildman–Crippen MR) is 190 cm³/mol. The molecule has 5 aromatic rings. The number of hydrogen-bond donors (Lipinski definition) is 2. The van der Waals surface area contributed by atoms with Gasteiger partial charge in [-0.15, -0.1) is 0 Å². The zero-order valence-electron chi connectivity index (χ0n) is 28.2. The number of carbonyl (C=O) groups is 3. The van der Waals surface area contributed by atoms with Crippen LogP contribution in [-0.2, 0) is 4.74 Å². The number of ether oxygens (including phenoxy) is 2. The normalized spacial score (nSPS) is 17.4. The molecule has 3 aromatic carbocycles. The number of esters is 1. The van der Waals surface area contributed by atoms with E-state index < -0.39 is 34.0 Å². The minimum atomic E-state index is -0.813. The third-order valence-corrected chi connectivity index (χ3v) is 9.26. The van der Waals surface area contributed by atoms with Crippen LogP contribution >= 0.6 is 0 Å². The number of halogens is 2. The minimum absolute atomic E-state index is 0.0634. The second kappa shape index (κ2) is 14.9. The van der Waals surface area contributed by atoms with E-state index in [9.17, 15) is 33.7 Å². The number of pyridine rings is 2. The maximum atomic E-state index is 15.1. The zero-order valence-corrected chi connectivity index (χ0v) is 28.2. The van der Waals surface area contributed by atoms with Crippen LogP contribution < -0.4 is 20.9 Å². The molecule has 1 saturated heterocycles. The SMILES string of the molecule is O=C(OC1CC2CN(C(=O)Nc3cc(Oc4ccc(NC(=O)c5cccn(-c6ccc(F)cc6)c5=O)cc4F)ccn3)CC2C1)c1ccc([N+](=O)[O-])cc1. The molecule has 7 rings (SSSR count). The van der Waals surface area contributed by atoms with Crippen LogP contribution in [0.4, 0.5) is 30.8 Å². The Morgan fingerprint density at radius 3 is 2.30 bits per heavy atom. The van der Waals surface area contributed by atoms with E-state index in [1.165, 1.54) is 102 Å². The van der Waals surface area contributed by atoms with E-state index in [1.807, 2.05) is 0 Å². The summed E-state index contributed by atoms with van der Waals surface area (Å²) in [6, 6.07) is 19.5. The highest BCUT2D eigenvalue weighted by molar-refractivity contribution is 6.04. The number of rotatable bonds is 9. The Hall–Kier alpha value is -6.97. The molecule has 0 spiro atoms.